The van der Waals surface area contributed by atoms with Crippen LogP contribution in [0.4, 0.5) is 10.2 Å². The summed E-state index contributed by atoms with van der Waals surface area (Å²) in [6, 6.07) is 5.01. The first-order chi connectivity index (χ1) is 13.1. The van der Waals surface area contributed by atoms with Gasteiger partial charge in [0.2, 0.25) is 11.8 Å². The standard InChI is InChI=1S/C19H24FN5O2/c1-2-24-8-4-5-13(24)10-21-19(27)12-9-16(26)25(11-12)18-17-14(20)6-3-7-15(17)22-23-18/h3,6-7,12-13H,2,4-5,8-11H2,1H3,(H,21,27)(H,22,23)/t12-,13+/m0/s1. The zero-order valence-electron chi connectivity index (χ0n) is 15.4. The Morgan fingerprint density at radius 1 is 1.44 bits per heavy atom. The highest BCUT2D eigenvalue weighted by Crippen LogP contribution is 2.31. The van der Waals surface area contributed by atoms with Gasteiger partial charge >= 0.3 is 0 Å². The Morgan fingerprint density at radius 2 is 2.30 bits per heavy atom. The van der Waals surface area contributed by atoms with E-state index in [4.69, 9.17) is 0 Å². The lowest BCUT2D eigenvalue weighted by molar-refractivity contribution is -0.126. The molecule has 2 aliphatic rings. The van der Waals surface area contributed by atoms with Crippen molar-refractivity contribution in [2.45, 2.75) is 32.2 Å². The number of likely N-dealkylation sites (tertiary alicyclic amines) is 1. The number of amides is 2. The fourth-order valence-corrected chi connectivity index (χ4v) is 4.20. The molecule has 0 spiro atoms. The summed E-state index contributed by atoms with van der Waals surface area (Å²) in [5.74, 6) is -0.932. The summed E-state index contributed by atoms with van der Waals surface area (Å²) < 4.78 is 14.2. The fraction of sp³-hybridized carbons (Fsp3) is 0.526. The predicted octanol–water partition coefficient (Wildman–Crippen LogP) is 1.66. The largest absolute Gasteiger partial charge is 0.354 e. The number of benzene rings is 1. The molecular weight excluding hydrogens is 349 g/mol. The van der Waals surface area contributed by atoms with Crippen LogP contribution in [0.3, 0.4) is 0 Å². The highest BCUT2D eigenvalue weighted by molar-refractivity contribution is 6.05. The number of aromatic nitrogens is 2. The average molecular weight is 373 g/mol. The van der Waals surface area contributed by atoms with Gasteiger partial charge in [0.15, 0.2) is 5.82 Å². The molecule has 2 N–H and O–H groups in total. The number of aromatic amines is 1. The van der Waals surface area contributed by atoms with Gasteiger partial charge in [0.05, 0.1) is 16.8 Å². The van der Waals surface area contributed by atoms with E-state index in [1.165, 1.54) is 11.0 Å². The van der Waals surface area contributed by atoms with Gasteiger partial charge in [-0.05, 0) is 38.1 Å². The SMILES string of the molecule is CCN1CCC[C@@H]1CNC(=O)[C@H]1CC(=O)N(c2n[nH]c3cccc(F)c23)C1. The minimum absolute atomic E-state index is 0.117. The van der Waals surface area contributed by atoms with Gasteiger partial charge in [0.1, 0.15) is 5.82 Å². The van der Waals surface area contributed by atoms with Crippen LogP contribution in [0, 0.1) is 11.7 Å². The number of rotatable bonds is 5. The molecule has 2 saturated heterocycles. The third kappa shape index (κ3) is 3.29. The molecule has 0 aliphatic carbocycles. The summed E-state index contributed by atoms with van der Waals surface area (Å²) in [5, 5.41) is 10.2. The molecule has 2 aliphatic heterocycles. The Bertz CT molecular complexity index is 867. The first kappa shape index (κ1) is 17.9. The molecule has 0 bridgehead atoms. The van der Waals surface area contributed by atoms with E-state index >= 15 is 0 Å². The fourth-order valence-electron chi connectivity index (χ4n) is 4.20. The number of nitrogens with one attached hydrogen (secondary N) is 2. The average Bonchev–Trinajstić information content (AvgIpc) is 3.37. The van der Waals surface area contributed by atoms with Crippen molar-refractivity contribution in [3.05, 3.63) is 24.0 Å². The number of carbonyl (C=O) groups excluding carboxylic acids is 2. The zero-order chi connectivity index (χ0) is 19.0. The number of H-pyrrole nitrogens is 1. The second-order valence-corrected chi connectivity index (χ2v) is 7.28. The maximum Gasteiger partial charge on any atom is 0.229 e. The quantitative estimate of drug-likeness (QED) is 0.835. The Morgan fingerprint density at radius 3 is 3.11 bits per heavy atom. The van der Waals surface area contributed by atoms with Crippen molar-refractivity contribution in [1.29, 1.82) is 0 Å². The van der Waals surface area contributed by atoms with Crippen molar-refractivity contribution < 1.29 is 14.0 Å². The van der Waals surface area contributed by atoms with E-state index in [9.17, 15) is 14.0 Å². The maximum absolute atomic E-state index is 14.2. The molecule has 4 rings (SSSR count). The van der Waals surface area contributed by atoms with Gasteiger partial charge in [0, 0.05) is 25.6 Å². The molecule has 7 nitrogen and oxygen atoms in total. The van der Waals surface area contributed by atoms with E-state index in [1.54, 1.807) is 12.1 Å². The Hall–Kier alpha value is -2.48. The molecule has 3 heterocycles. The van der Waals surface area contributed by atoms with Gasteiger partial charge in [-0.2, -0.15) is 5.10 Å². The van der Waals surface area contributed by atoms with Gasteiger partial charge in [-0.1, -0.05) is 13.0 Å². The number of carbonyl (C=O) groups is 2. The van der Waals surface area contributed by atoms with Crippen LogP contribution in [0.25, 0.3) is 10.9 Å². The number of hydrogen-bond donors (Lipinski definition) is 2. The summed E-state index contributed by atoms with van der Waals surface area (Å²) in [5.41, 5.74) is 0.534. The molecule has 2 amide bonds. The normalized spacial score (nSPS) is 23.5. The van der Waals surface area contributed by atoms with Crippen LogP contribution in [-0.2, 0) is 9.59 Å². The highest BCUT2D eigenvalue weighted by Gasteiger charge is 2.37. The van der Waals surface area contributed by atoms with Crippen LogP contribution in [-0.4, -0.2) is 59.1 Å². The summed E-state index contributed by atoms with van der Waals surface area (Å²) in [7, 11) is 0. The van der Waals surface area contributed by atoms with E-state index in [2.05, 4.69) is 27.3 Å². The predicted molar refractivity (Wildman–Crippen MR) is 99.8 cm³/mol. The molecule has 2 aromatic rings. The summed E-state index contributed by atoms with van der Waals surface area (Å²) in [4.78, 5) is 28.8. The molecule has 2 fully saturated rings. The van der Waals surface area contributed by atoms with Crippen molar-refractivity contribution in [3.63, 3.8) is 0 Å². The third-order valence-electron chi connectivity index (χ3n) is 5.69. The van der Waals surface area contributed by atoms with Gasteiger partial charge in [-0.3, -0.25) is 24.5 Å². The monoisotopic (exact) mass is 373 g/mol. The van der Waals surface area contributed by atoms with Gasteiger partial charge in [-0.15, -0.1) is 0 Å². The molecule has 2 atom stereocenters. The Balaban J connectivity index is 1.43. The molecule has 8 heteroatoms. The van der Waals surface area contributed by atoms with Crippen LogP contribution < -0.4 is 10.2 Å². The minimum Gasteiger partial charge on any atom is -0.354 e. The highest BCUT2D eigenvalue weighted by atomic mass is 19.1. The van der Waals surface area contributed by atoms with Crippen molar-refractivity contribution in [1.82, 2.24) is 20.4 Å². The molecule has 1 aromatic heterocycles. The van der Waals surface area contributed by atoms with Crippen LogP contribution in [0.1, 0.15) is 26.2 Å². The van der Waals surface area contributed by atoms with Crippen LogP contribution >= 0.6 is 0 Å². The van der Waals surface area contributed by atoms with E-state index in [0.717, 1.165) is 25.9 Å². The van der Waals surface area contributed by atoms with Crippen molar-refractivity contribution in [2.75, 3.05) is 31.1 Å². The molecular formula is C19H24FN5O2. The number of hydrogen-bond acceptors (Lipinski definition) is 4. The zero-order valence-corrected chi connectivity index (χ0v) is 15.4. The lowest BCUT2D eigenvalue weighted by Gasteiger charge is -2.23. The van der Waals surface area contributed by atoms with E-state index in [-0.39, 0.29) is 36.0 Å². The van der Waals surface area contributed by atoms with E-state index < -0.39 is 11.7 Å². The van der Waals surface area contributed by atoms with Crippen molar-refractivity contribution in [2.24, 2.45) is 5.92 Å². The third-order valence-corrected chi connectivity index (χ3v) is 5.69. The van der Waals surface area contributed by atoms with E-state index in [0.29, 0.717) is 18.1 Å². The lowest BCUT2D eigenvalue weighted by Crippen LogP contribution is -2.42. The van der Waals surface area contributed by atoms with Gasteiger partial charge < -0.3 is 5.32 Å². The smallest absolute Gasteiger partial charge is 0.229 e. The van der Waals surface area contributed by atoms with Gasteiger partial charge in [-0.25, -0.2) is 4.39 Å². The molecule has 0 saturated carbocycles. The molecule has 1 aromatic carbocycles. The maximum atomic E-state index is 14.2. The van der Waals surface area contributed by atoms with Crippen molar-refractivity contribution >= 4 is 28.5 Å². The molecule has 0 unspecified atom stereocenters. The van der Waals surface area contributed by atoms with Crippen LogP contribution in [0.5, 0.6) is 0 Å². The van der Waals surface area contributed by atoms with Crippen molar-refractivity contribution in [3.8, 4) is 0 Å². The Kier molecular flexibility index (Phi) is 4.82. The number of halogens is 1. The summed E-state index contributed by atoms with van der Waals surface area (Å²) in [6.07, 6.45) is 2.36. The van der Waals surface area contributed by atoms with Crippen LogP contribution in [0.15, 0.2) is 18.2 Å². The molecule has 0 radical (unpaired) electrons. The molecule has 144 valence electrons. The second-order valence-electron chi connectivity index (χ2n) is 7.28. The number of fused-ring (bicyclic) bond motifs is 1. The van der Waals surface area contributed by atoms with Gasteiger partial charge in [0.25, 0.3) is 0 Å². The first-order valence-corrected chi connectivity index (χ1v) is 9.53. The number of likely N-dealkylation sites (N-methyl/N-ethyl adjacent to an activating group) is 1. The first-order valence-electron chi connectivity index (χ1n) is 9.53. The topological polar surface area (TPSA) is 81.3 Å². The minimum atomic E-state index is -0.437. The lowest BCUT2D eigenvalue weighted by atomic mass is 10.1. The number of anilines is 1. The Labute approximate surface area is 156 Å². The van der Waals surface area contributed by atoms with Crippen LogP contribution in [0.2, 0.25) is 0 Å². The summed E-state index contributed by atoms with van der Waals surface area (Å²) >= 11 is 0. The number of nitrogens with zero attached hydrogens (tertiary/aromatic N) is 3. The van der Waals surface area contributed by atoms with E-state index in [1.807, 2.05) is 0 Å². The summed E-state index contributed by atoms with van der Waals surface area (Å²) in [6.45, 7) is 5.01. The molecule has 27 heavy (non-hydrogen) atoms. The second kappa shape index (κ2) is 7.26.